The molecule has 1 heterocycles. The average molecular weight is 279 g/mol. The van der Waals surface area contributed by atoms with Gasteiger partial charge < -0.3 is 4.57 Å². The molecule has 1 atom stereocenters. The molecule has 1 nitrogen and oxygen atoms in total. The molecule has 1 unspecified atom stereocenters. The van der Waals surface area contributed by atoms with E-state index in [1.165, 1.54) is 53.9 Å². The first-order valence-corrected chi connectivity index (χ1v) is 8.30. The van der Waals surface area contributed by atoms with Crippen LogP contribution in [-0.2, 0) is 0 Å². The lowest BCUT2D eigenvalue weighted by Gasteiger charge is -2.17. The summed E-state index contributed by atoms with van der Waals surface area (Å²) >= 11 is 0. The molecule has 0 saturated heterocycles. The Bertz CT molecular complexity index is 670. The SMILES string of the molecule is CCCCCCC(C)n1c2ccccc2c2ccccc21. The van der Waals surface area contributed by atoms with E-state index in [0.29, 0.717) is 6.04 Å². The zero-order valence-electron chi connectivity index (χ0n) is 13.2. The molecule has 110 valence electrons. The Morgan fingerprint density at radius 2 is 1.38 bits per heavy atom. The molecule has 21 heavy (non-hydrogen) atoms. The second-order valence-corrected chi connectivity index (χ2v) is 6.10. The van der Waals surface area contributed by atoms with Gasteiger partial charge in [-0.2, -0.15) is 0 Å². The van der Waals surface area contributed by atoms with Gasteiger partial charge in [0.25, 0.3) is 0 Å². The molecule has 0 N–H and O–H groups in total. The normalized spacial score (nSPS) is 13.0. The highest BCUT2D eigenvalue weighted by atomic mass is 15.0. The molecule has 3 rings (SSSR count). The Morgan fingerprint density at radius 1 is 0.810 bits per heavy atom. The number of fused-ring (bicyclic) bond motifs is 3. The molecule has 3 aromatic rings. The van der Waals surface area contributed by atoms with Gasteiger partial charge in [0.2, 0.25) is 0 Å². The second-order valence-electron chi connectivity index (χ2n) is 6.10. The number of rotatable bonds is 6. The summed E-state index contributed by atoms with van der Waals surface area (Å²) in [6.45, 7) is 4.64. The van der Waals surface area contributed by atoms with E-state index in [0.717, 1.165) is 0 Å². The van der Waals surface area contributed by atoms with E-state index in [1.54, 1.807) is 0 Å². The van der Waals surface area contributed by atoms with Crippen LogP contribution in [-0.4, -0.2) is 4.57 Å². The monoisotopic (exact) mass is 279 g/mol. The van der Waals surface area contributed by atoms with Crippen LogP contribution in [0.5, 0.6) is 0 Å². The summed E-state index contributed by atoms with van der Waals surface area (Å²) in [6, 6.07) is 18.2. The average Bonchev–Trinajstić information content (AvgIpc) is 2.86. The summed E-state index contributed by atoms with van der Waals surface area (Å²) in [5.41, 5.74) is 2.75. The largest absolute Gasteiger partial charge is 0.338 e. The number of aromatic nitrogens is 1. The fourth-order valence-corrected chi connectivity index (χ4v) is 3.42. The fourth-order valence-electron chi connectivity index (χ4n) is 3.42. The van der Waals surface area contributed by atoms with Crippen LogP contribution in [0.1, 0.15) is 52.0 Å². The minimum absolute atomic E-state index is 0.562. The smallest absolute Gasteiger partial charge is 0.0493 e. The maximum atomic E-state index is 2.54. The minimum atomic E-state index is 0.562. The van der Waals surface area contributed by atoms with Crippen molar-refractivity contribution in [3.63, 3.8) is 0 Å². The van der Waals surface area contributed by atoms with Crippen LogP contribution in [0.15, 0.2) is 48.5 Å². The van der Waals surface area contributed by atoms with Crippen molar-refractivity contribution in [1.29, 1.82) is 0 Å². The highest BCUT2D eigenvalue weighted by Gasteiger charge is 2.13. The number of para-hydroxylation sites is 2. The summed E-state index contributed by atoms with van der Waals surface area (Å²) in [4.78, 5) is 0. The number of hydrogen-bond donors (Lipinski definition) is 0. The summed E-state index contributed by atoms with van der Waals surface area (Å²) in [7, 11) is 0. The molecule has 1 heteroatoms. The molecule has 0 bridgehead atoms. The van der Waals surface area contributed by atoms with Crippen LogP contribution in [0.25, 0.3) is 21.8 Å². The van der Waals surface area contributed by atoms with Crippen molar-refractivity contribution in [1.82, 2.24) is 4.57 Å². The molecule has 0 spiro atoms. The highest BCUT2D eigenvalue weighted by Crippen LogP contribution is 2.33. The molecule has 2 aromatic carbocycles. The zero-order valence-corrected chi connectivity index (χ0v) is 13.2. The van der Waals surface area contributed by atoms with Gasteiger partial charge in [-0.3, -0.25) is 0 Å². The van der Waals surface area contributed by atoms with Gasteiger partial charge in [0.05, 0.1) is 0 Å². The Kier molecular flexibility index (Phi) is 4.28. The lowest BCUT2D eigenvalue weighted by molar-refractivity contribution is 0.493. The van der Waals surface area contributed by atoms with Crippen molar-refractivity contribution >= 4 is 21.8 Å². The quantitative estimate of drug-likeness (QED) is 0.465. The first-order valence-electron chi connectivity index (χ1n) is 8.30. The number of nitrogens with zero attached hydrogens (tertiary/aromatic N) is 1. The maximum absolute atomic E-state index is 2.54. The first kappa shape index (κ1) is 14.2. The van der Waals surface area contributed by atoms with E-state index in [2.05, 4.69) is 66.9 Å². The fraction of sp³-hybridized carbons (Fsp3) is 0.400. The zero-order chi connectivity index (χ0) is 14.7. The van der Waals surface area contributed by atoms with Gasteiger partial charge in [-0.15, -0.1) is 0 Å². The summed E-state index contributed by atoms with van der Waals surface area (Å²) < 4.78 is 2.54. The van der Waals surface area contributed by atoms with Crippen LogP contribution in [0, 0.1) is 0 Å². The molecular formula is C20H25N. The molecule has 0 aliphatic carbocycles. The van der Waals surface area contributed by atoms with E-state index >= 15 is 0 Å². The molecular weight excluding hydrogens is 254 g/mol. The Morgan fingerprint density at radius 3 is 1.95 bits per heavy atom. The van der Waals surface area contributed by atoms with Crippen LogP contribution >= 0.6 is 0 Å². The number of benzene rings is 2. The predicted octanol–water partition coefficient (Wildman–Crippen LogP) is 6.33. The Balaban J connectivity index is 1.99. The summed E-state index contributed by atoms with van der Waals surface area (Å²) in [6.07, 6.45) is 6.63. The summed E-state index contributed by atoms with van der Waals surface area (Å²) in [5.74, 6) is 0. The number of unbranched alkanes of at least 4 members (excludes halogenated alkanes) is 3. The van der Waals surface area contributed by atoms with Crippen LogP contribution in [0.2, 0.25) is 0 Å². The van der Waals surface area contributed by atoms with Crippen molar-refractivity contribution in [2.24, 2.45) is 0 Å². The molecule has 0 radical (unpaired) electrons. The van der Waals surface area contributed by atoms with Gasteiger partial charge in [0, 0.05) is 27.8 Å². The van der Waals surface area contributed by atoms with Crippen LogP contribution in [0.4, 0.5) is 0 Å². The van der Waals surface area contributed by atoms with Crippen molar-refractivity contribution in [2.75, 3.05) is 0 Å². The third kappa shape index (κ3) is 2.70. The van der Waals surface area contributed by atoms with E-state index in [1.807, 2.05) is 0 Å². The first-order chi connectivity index (χ1) is 10.3. The van der Waals surface area contributed by atoms with E-state index in [-0.39, 0.29) is 0 Å². The molecule has 0 amide bonds. The van der Waals surface area contributed by atoms with Crippen molar-refractivity contribution in [3.05, 3.63) is 48.5 Å². The Hall–Kier alpha value is -1.76. The van der Waals surface area contributed by atoms with Gasteiger partial charge in [-0.25, -0.2) is 0 Å². The maximum Gasteiger partial charge on any atom is 0.0493 e. The van der Waals surface area contributed by atoms with E-state index in [4.69, 9.17) is 0 Å². The predicted molar refractivity (Wildman–Crippen MR) is 92.9 cm³/mol. The second kappa shape index (κ2) is 6.34. The molecule has 0 aliphatic rings. The van der Waals surface area contributed by atoms with Gasteiger partial charge >= 0.3 is 0 Å². The third-order valence-electron chi connectivity index (χ3n) is 4.53. The molecule has 0 saturated carbocycles. The van der Waals surface area contributed by atoms with Crippen molar-refractivity contribution in [2.45, 2.75) is 52.0 Å². The highest BCUT2D eigenvalue weighted by molar-refractivity contribution is 6.08. The third-order valence-corrected chi connectivity index (χ3v) is 4.53. The number of hydrogen-bond acceptors (Lipinski definition) is 0. The Labute approximate surface area is 127 Å². The van der Waals surface area contributed by atoms with E-state index < -0.39 is 0 Å². The van der Waals surface area contributed by atoms with Crippen LogP contribution in [0.3, 0.4) is 0 Å². The molecule has 0 fully saturated rings. The lowest BCUT2D eigenvalue weighted by Crippen LogP contribution is -2.04. The van der Waals surface area contributed by atoms with E-state index in [9.17, 15) is 0 Å². The molecule has 1 aromatic heterocycles. The minimum Gasteiger partial charge on any atom is -0.338 e. The van der Waals surface area contributed by atoms with Gasteiger partial charge in [-0.1, -0.05) is 69.0 Å². The lowest BCUT2D eigenvalue weighted by atomic mass is 10.1. The van der Waals surface area contributed by atoms with Gasteiger partial charge in [-0.05, 0) is 25.5 Å². The van der Waals surface area contributed by atoms with Gasteiger partial charge in [0.15, 0.2) is 0 Å². The van der Waals surface area contributed by atoms with Crippen molar-refractivity contribution < 1.29 is 0 Å². The van der Waals surface area contributed by atoms with Gasteiger partial charge in [0.1, 0.15) is 0 Å². The van der Waals surface area contributed by atoms with Crippen molar-refractivity contribution in [3.8, 4) is 0 Å². The van der Waals surface area contributed by atoms with Crippen LogP contribution < -0.4 is 0 Å². The topological polar surface area (TPSA) is 4.93 Å². The summed E-state index contributed by atoms with van der Waals surface area (Å²) in [5, 5.41) is 2.77. The standard InChI is InChI=1S/C20H25N/c1-3-4-5-6-11-16(2)21-19-14-9-7-12-17(19)18-13-8-10-15-20(18)21/h7-10,12-16H,3-6,11H2,1-2H3. The molecule has 0 aliphatic heterocycles.